The molecule has 0 fully saturated rings. The van der Waals surface area contributed by atoms with Crippen LogP contribution in [0.15, 0.2) is 34.2 Å². The molecule has 0 aliphatic heterocycles. The molecule has 0 saturated heterocycles. The molecule has 0 radical (unpaired) electrons. The summed E-state index contributed by atoms with van der Waals surface area (Å²) in [4.78, 5) is 27.3. The lowest BCUT2D eigenvalue weighted by Crippen LogP contribution is -2.16. The molecule has 29 heavy (non-hydrogen) atoms. The Morgan fingerprint density at radius 1 is 1.31 bits per heavy atom. The van der Waals surface area contributed by atoms with Gasteiger partial charge in [-0.15, -0.1) is 11.3 Å². The number of hydrogen-bond acceptors (Lipinski definition) is 8. The molecule has 3 aromatic rings. The topological polar surface area (TPSA) is 120 Å². The van der Waals surface area contributed by atoms with Crippen molar-refractivity contribution >= 4 is 28.1 Å². The predicted molar refractivity (Wildman–Crippen MR) is 107 cm³/mol. The number of carbonyl (C=O) groups excluding carboxylic acids is 1. The van der Waals surface area contributed by atoms with Crippen LogP contribution in [0.1, 0.15) is 48.3 Å². The molecule has 1 N–H and O–H groups in total. The zero-order valence-electron chi connectivity index (χ0n) is 16.4. The number of aromatic nitrogens is 2. The smallest absolute Gasteiger partial charge is 0.280 e. The number of carbonyl (C=O) groups is 1. The lowest BCUT2D eigenvalue weighted by atomic mass is 9.93. The van der Waals surface area contributed by atoms with Gasteiger partial charge in [-0.25, -0.2) is 4.98 Å². The fourth-order valence-electron chi connectivity index (χ4n) is 2.39. The van der Waals surface area contributed by atoms with E-state index in [0.717, 1.165) is 5.69 Å². The number of ether oxygens (including phenoxy) is 1. The first-order valence-corrected chi connectivity index (χ1v) is 9.63. The second kappa shape index (κ2) is 8.00. The van der Waals surface area contributed by atoms with E-state index in [0.29, 0.717) is 22.2 Å². The van der Waals surface area contributed by atoms with Gasteiger partial charge in [0.15, 0.2) is 10.8 Å². The summed E-state index contributed by atoms with van der Waals surface area (Å²) < 4.78 is 10.8. The summed E-state index contributed by atoms with van der Waals surface area (Å²) in [6.07, 6.45) is 0. The summed E-state index contributed by atoms with van der Waals surface area (Å²) in [5.41, 5.74) is 1.34. The molecule has 0 aliphatic rings. The largest absolute Gasteiger partial charge is 0.489 e. The first kappa shape index (κ1) is 20.5. The van der Waals surface area contributed by atoms with Crippen molar-refractivity contribution in [2.45, 2.75) is 39.7 Å². The van der Waals surface area contributed by atoms with E-state index in [1.54, 1.807) is 6.92 Å². The number of nitro benzene ring substituents is 1. The summed E-state index contributed by atoms with van der Waals surface area (Å²) >= 11 is 1.34. The zero-order chi connectivity index (χ0) is 21.2. The van der Waals surface area contributed by atoms with Crippen molar-refractivity contribution < 1.29 is 19.0 Å². The van der Waals surface area contributed by atoms with Crippen LogP contribution < -0.4 is 10.1 Å². The predicted octanol–water partition coefficient (Wildman–Crippen LogP) is 4.48. The quantitative estimate of drug-likeness (QED) is 0.464. The van der Waals surface area contributed by atoms with Gasteiger partial charge in [0.05, 0.1) is 16.2 Å². The average Bonchev–Trinajstić information content (AvgIpc) is 3.27. The molecule has 2 heterocycles. The van der Waals surface area contributed by atoms with Crippen LogP contribution in [0.2, 0.25) is 0 Å². The molecule has 2 aromatic heterocycles. The van der Waals surface area contributed by atoms with Gasteiger partial charge in [0, 0.05) is 22.9 Å². The molecule has 3 rings (SSSR count). The van der Waals surface area contributed by atoms with E-state index in [1.165, 1.54) is 35.6 Å². The number of anilines is 1. The second-order valence-corrected chi connectivity index (χ2v) is 8.21. The molecular formula is C19H20N4O5S. The Bertz CT molecular complexity index is 1030. The summed E-state index contributed by atoms with van der Waals surface area (Å²) in [5.74, 6) is 0.433. The lowest BCUT2D eigenvalue weighted by Gasteiger charge is -2.14. The molecule has 152 valence electrons. The van der Waals surface area contributed by atoms with Crippen LogP contribution in [0.25, 0.3) is 0 Å². The second-order valence-electron chi connectivity index (χ2n) is 7.35. The Hall–Kier alpha value is -3.27. The number of benzene rings is 1. The Morgan fingerprint density at radius 3 is 2.59 bits per heavy atom. The summed E-state index contributed by atoms with van der Waals surface area (Å²) in [7, 11) is 0. The van der Waals surface area contributed by atoms with Crippen molar-refractivity contribution in [1.82, 2.24) is 10.1 Å². The third-order valence-electron chi connectivity index (χ3n) is 4.12. The number of non-ortho nitro benzene ring substituents is 1. The van der Waals surface area contributed by atoms with Crippen LogP contribution in [0.3, 0.4) is 0 Å². The van der Waals surface area contributed by atoms with Gasteiger partial charge in [0.2, 0.25) is 0 Å². The minimum absolute atomic E-state index is 0.0288. The highest BCUT2D eigenvalue weighted by Gasteiger charge is 2.23. The number of nitrogens with zero attached hydrogens (tertiary/aromatic N) is 3. The van der Waals surface area contributed by atoms with Gasteiger partial charge in [-0.1, -0.05) is 25.9 Å². The van der Waals surface area contributed by atoms with Crippen molar-refractivity contribution in [2.75, 3.05) is 5.32 Å². The number of nitro groups is 1. The highest BCUT2D eigenvalue weighted by molar-refractivity contribution is 7.14. The Balaban J connectivity index is 1.70. The molecule has 1 amide bonds. The normalized spacial score (nSPS) is 11.3. The third kappa shape index (κ3) is 4.77. The monoisotopic (exact) mass is 416 g/mol. The summed E-state index contributed by atoms with van der Waals surface area (Å²) in [6, 6.07) is 5.67. The van der Waals surface area contributed by atoms with Gasteiger partial charge in [-0.05, 0) is 19.1 Å². The molecular weight excluding hydrogens is 396 g/mol. The van der Waals surface area contributed by atoms with Gasteiger partial charge in [-0.3, -0.25) is 20.2 Å². The maximum absolute atomic E-state index is 12.6. The minimum Gasteiger partial charge on any atom is -0.489 e. The fraction of sp³-hybridized carbons (Fsp3) is 0.316. The third-order valence-corrected chi connectivity index (χ3v) is 4.88. The average molecular weight is 416 g/mol. The molecule has 0 saturated carbocycles. The molecule has 0 bridgehead atoms. The first-order chi connectivity index (χ1) is 13.6. The summed E-state index contributed by atoms with van der Waals surface area (Å²) in [5, 5.41) is 19.7. The Kier molecular flexibility index (Phi) is 5.64. The molecule has 10 heteroatoms. The van der Waals surface area contributed by atoms with E-state index in [4.69, 9.17) is 9.26 Å². The maximum atomic E-state index is 12.6. The van der Waals surface area contributed by atoms with E-state index in [9.17, 15) is 14.9 Å². The minimum atomic E-state index is -0.486. The molecule has 0 atom stereocenters. The molecule has 0 unspecified atom stereocenters. The summed E-state index contributed by atoms with van der Waals surface area (Å²) in [6.45, 7) is 7.84. The van der Waals surface area contributed by atoms with E-state index < -0.39 is 10.8 Å². The first-order valence-electron chi connectivity index (χ1n) is 8.75. The van der Waals surface area contributed by atoms with Crippen molar-refractivity contribution in [3.8, 4) is 5.75 Å². The maximum Gasteiger partial charge on any atom is 0.280 e. The number of hydrogen-bond donors (Lipinski definition) is 1. The van der Waals surface area contributed by atoms with E-state index in [2.05, 4.69) is 15.5 Å². The van der Waals surface area contributed by atoms with Crippen molar-refractivity contribution in [3.05, 3.63) is 62.5 Å². The van der Waals surface area contributed by atoms with Crippen molar-refractivity contribution in [1.29, 1.82) is 0 Å². The van der Waals surface area contributed by atoms with Crippen LogP contribution in [-0.4, -0.2) is 21.0 Å². The van der Waals surface area contributed by atoms with Gasteiger partial charge in [0.25, 0.3) is 11.6 Å². The van der Waals surface area contributed by atoms with Crippen molar-refractivity contribution in [2.24, 2.45) is 0 Å². The van der Waals surface area contributed by atoms with Crippen LogP contribution in [-0.2, 0) is 12.0 Å². The fourth-order valence-corrected chi connectivity index (χ4v) is 3.32. The number of nitrogens with one attached hydrogen (secondary N) is 1. The van der Waals surface area contributed by atoms with Crippen LogP contribution in [0.5, 0.6) is 5.75 Å². The van der Waals surface area contributed by atoms with Gasteiger partial charge < -0.3 is 9.26 Å². The highest BCUT2D eigenvalue weighted by atomic mass is 32.1. The standard InChI is InChI=1S/C19H20N4O5S/c1-11-14(9-27-13-7-5-12(6-8-13)23(25)26)16(22-28-11)17(24)21-18-20-15(10-29-18)19(2,3)4/h5-8,10H,9H2,1-4H3,(H,20,21,24). The SMILES string of the molecule is Cc1onc(C(=O)Nc2nc(C(C)(C)C)cs2)c1COc1ccc([N+](=O)[O-])cc1. The van der Waals surface area contributed by atoms with Crippen LogP contribution >= 0.6 is 11.3 Å². The van der Waals surface area contributed by atoms with Gasteiger partial charge >= 0.3 is 0 Å². The Morgan fingerprint density at radius 2 is 2.00 bits per heavy atom. The van der Waals surface area contributed by atoms with Gasteiger partial charge in [-0.2, -0.15) is 0 Å². The number of rotatable bonds is 6. The number of amides is 1. The molecule has 0 aliphatic carbocycles. The number of thiazole rings is 1. The molecule has 0 spiro atoms. The molecule has 9 nitrogen and oxygen atoms in total. The molecule has 1 aromatic carbocycles. The van der Waals surface area contributed by atoms with Crippen LogP contribution in [0.4, 0.5) is 10.8 Å². The number of aryl methyl sites for hydroxylation is 1. The van der Waals surface area contributed by atoms with E-state index in [-0.39, 0.29) is 23.4 Å². The Labute approximate surface area is 170 Å². The van der Waals surface area contributed by atoms with Gasteiger partial charge in [0.1, 0.15) is 18.1 Å². The highest BCUT2D eigenvalue weighted by Crippen LogP contribution is 2.27. The lowest BCUT2D eigenvalue weighted by molar-refractivity contribution is -0.384. The van der Waals surface area contributed by atoms with Crippen LogP contribution in [0, 0.1) is 17.0 Å². The zero-order valence-corrected chi connectivity index (χ0v) is 17.2. The van der Waals surface area contributed by atoms with Crippen molar-refractivity contribution in [3.63, 3.8) is 0 Å². The van der Waals surface area contributed by atoms with E-state index >= 15 is 0 Å². The van der Waals surface area contributed by atoms with E-state index in [1.807, 2.05) is 26.2 Å².